The number of ether oxygens (including phenoxy) is 2. The van der Waals surface area contributed by atoms with Gasteiger partial charge >= 0.3 is 0 Å². The molecule has 1 aliphatic carbocycles. The zero-order valence-electron chi connectivity index (χ0n) is 18.4. The first-order chi connectivity index (χ1) is 14.1. The van der Waals surface area contributed by atoms with Crippen LogP contribution in [-0.4, -0.2) is 41.3 Å². The molecular formula is C25H32O5. The molecule has 162 valence electrons. The Kier molecular flexibility index (Phi) is 6.75. The Morgan fingerprint density at radius 1 is 1.23 bits per heavy atom. The van der Waals surface area contributed by atoms with Crippen LogP contribution in [-0.2, 0) is 19.1 Å². The number of ketones is 2. The van der Waals surface area contributed by atoms with Gasteiger partial charge in [-0.1, -0.05) is 23.8 Å². The van der Waals surface area contributed by atoms with Gasteiger partial charge in [-0.15, -0.1) is 0 Å². The summed E-state index contributed by atoms with van der Waals surface area (Å²) in [6.07, 6.45) is 9.37. The summed E-state index contributed by atoms with van der Waals surface area (Å²) in [7, 11) is 0. The molecule has 2 aliphatic heterocycles. The highest BCUT2D eigenvalue weighted by atomic mass is 16.7. The van der Waals surface area contributed by atoms with Crippen molar-refractivity contribution in [2.45, 2.75) is 71.4 Å². The fraction of sp³-hybridized carbons (Fsp3) is 0.520. The van der Waals surface area contributed by atoms with Crippen molar-refractivity contribution in [3.05, 3.63) is 58.7 Å². The summed E-state index contributed by atoms with van der Waals surface area (Å²) in [5.74, 6) is -1.05. The van der Waals surface area contributed by atoms with E-state index in [-0.39, 0.29) is 36.3 Å². The van der Waals surface area contributed by atoms with Crippen LogP contribution in [0.25, 0.3) is 0 Å². The quantitative estimate of drug-likeness (QED) is 0.524. The van der Waals surface area contributed by atoms with E-state index in [0.717, 1.165) is 23.1 Å². The van der Waals surface area contributed by atoms with Crippen LogP contribution in [0.1, 0.15) is 53.4 Å². The number of allylic oxidation sites excluding steroid dienone is 3. The van der Waals surface area contributed by atoms with Gasteiger partial charge in [-0.05, 0) is 75.5 Å². The van der Waals surface area contributed by atoms with E-state index in [1.807, 2.05) is 32.1 Å². The summed E-state index contributed by atoms with van der Waals surface area (Å²) in [6, 6.07) is 0. The van der Waals surface area contributed by atoms with E-state index in [1.54, 1.807) is 13.8 Å². The van der Waals surface area contributed by atoms with Crippen LogP contribution >= 0.6 is 0 Å². The van der Waals surface area contributed by atoms with E-state index < -0.39 is 5.79 Å². The lowest BCUT2D eigenvalue weighted by Gasteiger charge is -2.45. The number of aliphatic hydroxyl groups excluding tert-OH is 1. The molecule has 0 saturated heterocycles. The van der Waals surface area contributed by atoms with E-state index in [4.69, 9.17) is 9.47 Å². The summed E-state index contributed by atoms with van der Waals surface area (Å²) in [6.45, 7) is 11.1. The second-order valence-electron chi connectivity index (χ2n) is 8.83. The topological polar surface area (TPSA) is 72.8 Å². The summed E-state index contributed by atoms with van der Waals surface area (Å²) in [5.41, 5.74) is 4.26. The van der Waals surface area contributed by atoms with Gasteiger partial charge < -0.3 is 14.6 Å². The van der Waals surface area contributed by atoms with Crippen molar-refractivity contribution in [1.82, 2.24) is 0 Å². The SMILES string of the molecule is C=C(C)C(=O)CCC(C)=CC1CC(C)=CC2(C=C(CO)C3CC(=O)C(C)=CC3O2)O1. The zero-order valence-corrected chi connectivity index (χ0v) is 18.4. The van der Waals surface area contributed by atoms with Crippen LogP contribution in [0.5, 0.6) is 0 Å². The summed E-state index contributed by atoms with van der Waals surface area (Å²) in [5, 5.41) is 9.96. The maximum Gasteiger partial charge on any atom is 0.209 e. The lowest BCUT2D eigenvalue weighted by molar-refractivity contribution is -0.224. The smallest absolute Gasteiger partial charge is 0.209 e. The van der Waals surface area contributed by atoms with Crippen molar-refractivity contribution in [3.63, 3.8) is 0 Å². The largest absolute Gasteiger partial charge is 0.392 e. The molecule has 0 amide bonds. The number of fused-ring (bicyclic) bond motifs is 1. The lowest BCUT2D eigenvalue weighted by Crippen LogP contribution is -2.49. The predicted octanol–water partition coefficient (Wildman–Crippen LogP) is 4.14. The van der Waals surface area contributed by atoms with Crippen molar-refractivity contribution in [3.8, 4) is 0 Å². The Balaban J connectivity index is 1.82. The number of Topliss-reactive ketones (excluding diaryl/α,β-unsaturated/α-hetero) is 2. The molecule has 0 aromatic heterocycles. The van der Waals surface area contributed by atoms with Crippen LogP contribution in [0.2, 0.25) is 0 Å². The third-order valence-corrected chi connectivity index (χ3v) is 6.02. The number of aliphatic hydroxyl groups is 1. The number of carbonyl (C=O) groups excluding carboxylic acids is 2. The third-order valence-electron chi connectivity index (χ3n) is 6.02. The standard InChI is InChI=1S/C25H32O5/c1-15(2)22(27)7-6-16(3)8-20-9-17(4)12-25(29-20)13-19(14-26)21-11-23(28)18(5)10-24(21)30-25/h8,10,12-13,20-21,24,26H,1,6-7,9,11,14H2,2-5H3. The highest BCUT2D eigenvalue weighted by Gasteiger charge is 2.45. The van der Waals surface area contributed by atoms with Crippen LogP contribution in [0.3, 0.4) is 0 Å². The first-order valence-corrected chi connectivity index (χ1v) is 10.6. The molecule has 5 nitrogen and oxygen atoms in total. The first-order valence-electron chi connectivity index (χ1n) is 10.6. The van der Waals surface area contributed by atoms with E-state index in [9.17, 15) is 14.7 Å². The fourth-order valence-electron chi connectivity index (χ4n) is 4.35. The Labute approximate surface area is 178 Å². The van der Waals surface area contributed by atoms with Crippen molar-refractivity contribution in [1.29, 1.82) is 0 Å². The molecule has 4 atom stereocenters. The van der Waals surface area contributed by atoms with Gasteiger partial charge in [0.15, 0.2) is 11.6 Å². The van der Waals surface area contributed by atoms with Gasteiger partial charge in [-0.3, -0.25) is 9.59 Å². The summed E-state index contributed by atoms with van der Waals surface area (Å²) in [4.78, 5) is 24.0. The molecular weight excluding hydrogens is 380 g/mol. The van der Waals surface area contributed by atoms with Gasteiger partial charge in [0.1, 0.15) is 0 Å². The molecule has 1 spiro atoms. The molecule has 0 aromatic rings. The average Bonchev–Trinajstić information content (AvgIpc) is 2.66. The Morgan fingerprint density at radius 3 is 2.63 bits per heavy atom. The normalized spacial score (nSPS) is 31.6. The van der Waals surface area contributed by atoms with Gasteiger partial charge in [0.2, 0.25) is 5.79 Å². The Bertz CT molecular complexity index is 872. The van der Waals surface area contributed by atoms with Gasteiger partial charge in [-0.25, -0.2) is 0 Å². The van der Waals surface area contributed by atoms with Crippen molar-refractivity contribution < 1.29 is 24.2 Å². The highest BCUT2D eigenvalue weighted by molar-refractivity contribution is 5.96. The third kappa shape index (κ3) is 4.97. The molecule has 3 rings (SSSR count). The van der Waals surface area contributed by atoms with E-state index in [0.29, 0.717) is 30.4 Å². The molecule has 0 bridgehead atoms. The monoisotopic (exact) mass is 412 g/mol. The molecule has 30 heavy (non-hydrogen) atoms. The molecule has 0 fully saturated rings. The Morgan fingerprint density at radius 2 is 1.97 bits per heavy atom. The Hall–Kier alpha value is -2.08. The van der Waals surface area contributed by atoms with Crippen molar-refractivity contribution >= 4 is 11.6 Å². The van der Waals surface area contributed by atoms with Gasteiger partial charge in [-0.2, -0.15) is 0 Å². The van der Waals surface area contributed by atoms with Crippen LogP contribution < -0.4 is 0 Å². The second kappa shape index (κ2) is 8.96. The van der Waals surface area contributed by atoms with Crippen LogP contribution in [0, 0.1) is 5.92 Å². The molecule has 1 N–H and O–H groups in total. The van der Waals surface area contributed by atoms with Crippen molar-refractivity contribution in [2.24, 2.45) is 5.92 Å². The maximum atomic E-state index is 12.1. The van der Waals surface area contributed by atoms with Crippen molar-refractivity contribution in [2.75, 3.05) is 6.61 Å². The average molecular weight is 413 g/mol. The second-order valence-corrected chi connectivity index (χ2v) is 8.83. The maximum absolute atomic E-state index is 12.1. The molecule has 0 saturated carbocycles. The highest BCUT2D eigenvalue weighted by Crippen LogP contribution is 2.42. The minimum atomic E-state index is -1.06. The minimum Gasteiger partial charge on any atom is -0.392 e. The van der Waals surface area contributed by atoms with E-state index in [2.05, 4.69) is 12.7 Å². The van der Waals surface area contributed by atoms with Crippen LogP contribution in [0.15, 0.2) is 58.7 Å². The molecule has 5 heteroatoms. The molecule has 3 aliphatic rings. The predicted molar refractivity (Wildman–Crippen MR) is 116 cm³/mol. The summed E-state index contributed by atoms with van der Waals surface area (Å²) >= 11 is 0. The van der Waals surface area contributed by atoms with Crippen LogP contribution in [0.4, 0.5) is 0 Å². The van der Waals surface area contributed by atoms with Gasteiger partial charge in [0.25, 0.3) is 0 Å². The number of hydrogen-bond donors (Lipinski definition) is 1. The fourth-order valence-corrected chi connectivity index (χ4v) is 4.35. The molecule has 0 aromatic carbocycles. The lowest BCUT2D eigenvalue weighted by atomic mass is 9.79. The van der Waals surface area contributed by atoms with Gasteiger partial charge in [0.05, 0.1) is 18.8 Å². The number of carbonyl (C=O) groups is 2. The van der Waals surface area contributed by atoms with Gasteiger partial charge in [0, 0.05) is 18.8 Å². The first kappa shape index (κ1) is 22.6. The zero-order chi connectivity index (χ0) is 22.1. The summed E-state index contributed by atoms with van der Waals surface area (Å²) < 4.78 is 12.7. The van der Waals surface area contributed by atoms with E-state index >= 15 is 0 Å². The molecule has 4 unspecified atom stereocenters. The van der Waals surface area contributed by atoms with E-state index in [1.165, 1.54) is 0 Å². The number of hydrogen-bond acceptors (Lipinski definition) is 5. The minimum absolute atomic E-state index is 0.0750. The molecule has 0 radical (unpaired) electrons. The molecule has 2 heterocycles. The number of rotatable bonds is 6.